The normalized spacial score (nSPS) is 10.1. The Labute approximate surface area is 72.9 Å². The van der Waals surface area contributed by atoms with Crippen LogP contribution in [0.3, 0.4) is 0 Å². The van der Waals surface area contributed by atoms with Crippen molar-refractivity contribution in [2.24, 2.45) is 7.05 Å². The van der Waals surface area contributed by atoms with Gasteiger partial charge >= 0.3 is 0 Å². The summed E-state index contributed by atoms with van der Waals surface area (Å²) in [7, 11) is 2.11. The van der Waals surface area contributed by atoms with Crippen molar-refractivity contribution < 1.29 is 4.57 Å². The molecule has 0 spiro atoms. The predicted octanol–water partition coefficient (Wildman–Crippen LogP) is 1.82. The lowest BCUT2D eigenvalue weighted by Crippen LogP contribution is -2.32. The lowest BCUT2D eigenvalue weighted by molar-refractivity contribution is -0.678. The van der Waals surface area contributed by atoms with Gasteiger partial charge in [-0.1, -0.05) is 33.9 Å². The van der Waals surface area contributed by atoms with E-state index in [1.807, 2.05) is 11.3 Å². The molecule has 0 radical (unpaired) electrons. The standard InChI is InChI=1S/C6H9INS/c1-5-4-9-6(3-7)8(5)2/h4H,3H2,1-2H3/q+1. The topological polar surface area (TPSA) is 3.88 Å². The molecule has 0 aliphatic carbocycles. The van der Waals surface area contributed by atoms with E-state index in [-0.39, 0.29) is 0 Å². The number of hydrogen-bond donors (Lipinski definition) is 0. The van der Waals surface area contributed by atoms with Crippen LogP contribution in [0.2, 0.25) is 0 Å². The maximum Gasteiger partial charge on any atom is 0.247 e. The van der Waals surface area contributed by atoms with E-state index < -0.39 is 0 Å². The third-order valence-electron chi connectivity index (χ3n) is 1.38. The molecule has 0 N–H and O–H groups in total. The molecule has 1 rings (SSSR count). The average molecular weight is 254 g/mol. The Balaban J connectivity index is 3.04. The van der Waals surface area contributed by atoms with E-state index >= 15 is 0 Å². The zero-order valence-electron chi connectivity index (χ0n) is 5.52. The van der Waals surface area contributed by atoms with Crippen LogP contribution >= 0.6 is 33.9 Å². The van der Waals surface area contributed by atoms with Crippen molar-refractivity contribution in [3.8, 4) is 0 Å². The number of hydrogen-bond acceptors (Lipinski definition) is 1. The van der Waals surface area contributed by atoms with Crippen LogP contribution in [-0.4, -0.2) is 0 Å². The van der Waals surface area contributed by atoms with Crippen LogP contribution in [0.1, 0.15) is 10.7 Å². The van der Waals surface area contributed by atoms with Crippen molar-refractivity contribution in [3.05, 3.63) is 16.1 Å². The minimum atomic E-state index is 1.12. The monoisotopic (exact) mass is 254 g/mol. The van der Waals surface area contributed by atoms with Crippen molar-refractivity contribution in [3.63, 3.8) is 0 Å². The zero-order chi connectivity index (χ0) is 6.85. The number of thiazole rings is 1. The quantitative estimate of drug-likeness (QED) is 0.409. The lowest BCUT2D eigenvalue weighted by atomic mass is 10.5. The first-order chi connectivity index (χ1) is 4.25. The van der Waals surface area contributed by atoms with Crippen LogP contribution in [-0.2, 0) is 11.5 Å². The predicted molar refractivity (Wildman–Crippen MR) is 48.0 cm³/mol. The highest BCUT2D eigenvalue weighted by atomic mass is 127. The van der Waals surface area contributed by atoms with Gasteiger partial charge in [-0.2, -0.15) is 4.57 Å². The van der Waals surface area contributed by atoms with Gasteiger partial charge in [-0.3, -0.25) is 0 Å². The van der Waals surface area contributed by atoms with Gasteiger partial charge in [0.2, 0.25) is 5.01 Å². The van der Waals surface area contributed by atoms with E-state index in [0.717, 1.165) is 4.43 Å². The largest absolute Gasteiger partial charge is 0.247 e. The summed E-state index contributed by atoms with van der Waals surface area (Å²) in [5.41, 5.74) is 1.35. The fraction of sp³-hybridized carbons (Fsp3) is 0.500. The van der Waals surface area contributed by atoms with Gasteiger partial charge in [0.25, 0.3) is 0 Å². The molecule has 0 saturated heterocycles. The summed E-state index contributed by atoms with van der Waals surface area (Å²) < 4.78 is 3.35. The third-order valence-corrected chi connectivity index (χ3v) is 3.77. The van der Waals surface area contributed by atoms with Crippen LogP contribution in [0.25, 0.3) is 0 Å². The lowest BCUT2D eigenvalue weighted by Gasteiger charge is -1.84. The molecule has 50 valence electrons. The van der Waals surface area contributed by atoms with E-state index in [1.54, 1.807) is 0 Å². The van der Waals surface area contributed by atoms with Gasteiger partial charge in [0.1, 0.15) is 7.05 Å². The summed E-state index contributed by atoms with van der Waals surface area (Å²) >= 11 is 4.21. The molecule has 9 heavy (non-hydrogen) atoms. The van der Waals surface area contributed by atoms with E-state index in [1.165, 1.54) is 10.7 Å². The summed E-state index contributed by atoms with van der Waals surface area (Å²) in [5.74, 6) is 0. The number of rotatable bonds is 1. The molecule has 0 unspecified atom stereocenters. The van der Waals surface area contributed by atoms with E-state index in [9.17, 15) is 0 Å². The number of nitrogens with zero attached hydrogens (tertiary/aromatic N) is 1. The van der Waals surface area contributed by atoms with Gasteiger partial charge in [0.05, 0.1) is 9.81 Å². The molecule has 0 aliphatic rings. The van der Waals surface area contributed by atoms with Gasteiger partial charge in [-0.15, -0.1) is 0 Å². The Morgan fingerprint density at radius 3 is 2.67 bits per heavy atom. The zero-order valence-corrected chi connectivity index (χ0v) is 8.49. The SMILES string of the molecule is Cc1csc(CI)[n+]1C. The van der Waals surface area contributed by atoms with Crippen LogP contribution in [0, 0.1) is 6.92 Å². The van der Waals surface area contributed by atoms with Gasteiger partial charge in [0, 0.05) is 6.92 Å². The Morgan fingerprint density at radius 2 is 2.44 bits per heavy atom. The van der Waals surface area contributed by atoms with Crippen LogP contribution < -0.4 is 4.57 Å². The first-order valence-electron chi connectivity index (χ1n) is 2.74. The van der Waals surface area contributed by atoms with Gasteiger partial charge < -0.3 is 0 Å². The first-order valence-corrected chi connectivity index (χ1v) is 5.15. The van der Waals surface area contributed by atoms with Crippen molar-refractivity contribution in [2.45, 2.75) is 11.4 Å². The molecule has 0 saturated carbocycles. The fourth-order valence-electron chi connectivity index (χ4n) is 0.629. The highest BCUT2D eigenvalue weighted by Crippen LogP contribution is 2.09. The Morgan fingerprint density at radius 1 is 1.78 bits per heavy atom. The molecular formula is C6H9INS+. The molecule has 1 nitrogen and oxygen atoms in total. The second-order valence-corrected chi connectivity index (χ2v) is 3.67. The van der Waals surface area contributed by atoms with Crippen molar-refractivity contribution in [2.75, 3.05) is 0 Å². The van der Waals surface area contributed by atoms with E-state index in [4.69, 9.17) is 0 Å². The second-order valence-electron chi connectivity index (χ2n) is 1.96. The smallest absolute Gasteiger partial charge is 0.192 e. The molecule has 0 fully saturated rings. The molecule has 0 amide bonds. The van der Waals surface area contributed by atoms with E-state index in [2.05, 4.69) is 46.5 Å². The second kappa shape index (κ2) is 2.96. The number of aromatic nitrogens is 1. The maximum absolute atomic E-state index is 2.38. The molecule has 1 aromatic heterocycles. The highest BCUT2D eigenvalue weighted by molar-refractivity contribution is 14.1. The molecule has 0 bridgehead atoms. The number of alkyl halides is 1. The summed E-state index contributed by atoms with van der Waals surface area (Å²) in [6.45, 7) is 2.13. The summed E-state index contributed by atoms with van der Waals surface area (Å²) in [5, 5.41) is 3.63. The molecule has 0 aliphatic heterocycles. The molecule has 1 aromatic rings. The summed E-state index contributed by atoms with van der Waals surface area (Å²) in [4.78, 5) is 0. The molecular weight excluding hydrogens is 245 g/mol. The molecule has 0 atom stereocenters. The summed E-state index contributed by atoms with van der Waals surface area (Å²) in [6.07, 6.45) is 0. The van der Waals surface area contributed by atoms with Crippen molar-refractivity contribution in [1.82, 2.24) is 0 Å². The van der Waals surface area contributed by atoms with Crippen molar-refractivity contribution in [1.29, 1.82) is 0 Å². The van der Waals surface area contributed by atoms with Crippen LogP contribution in [0.4, 0.5) is 0 Å². The van der Waals surface area contributed by atoms with Crippen molar-refractivity contribution >= 4 is 33.9 Å². The van der Waals surface area contributed by atoms with Crippen LogP contribution in [0.15, 0.2) is 5.38 Å². The Bertz CT molecular complexity index is 207. The van der Waals surface area contributed by atoms with Gasteiger partial charge in [-0.25, -0.2) is 0 Å². The first kappa shape index (κ1) is 7.47. The number of halogens is 1. The Hall–Kier alpha value is 0.360. The minimum absolute atomic E-state index is 1.12. The minimum Gasteiger partial charge on any atom is -0.192 e. The fourth-order valence-corrected chi connectivity index (χ4v) is 2.51. The van der Waals surface area contributed by atoms with Crippen LogP contribution in [0.5, 0.6) is 0 Å². The van der Waals surface area contributed by atoms with E-state index in [0.29, 0.717) is 0 Å². The summed E-state index contributed by atoms with van der Waals surface area (Å²) in [6, 6.07) is 0. The average Bonchev–Trinajstić information content (AvgIpc) is 2.15. The molecule has 1 heterocycles. The van der Waals surface area contributed by atoms with Gasteiger partial charge in [0.15, 0.2) is 5.69 Å². The molecule has 3 heteroatoms. The maximum atomic E-state index is 2.38. The molecule has 0 aromatic carbocycles. The number of aryl methyl sites for hydroxylation is 1. The Kier molecular flexibility index (Phi) is 2.46. The third kappa shape index (κ3) is 1.43. The van der Waals surface area contributed by atoms with Gasteiger partial charge in [-0.05, 0) is 0 Å². The highest BCUT2D eigenvalue weighted by Gasteiger charge is 2.09.